The minimum absolute atomic E-state index is 0.743. The predicted octanol–water partition coefficient (Wildman–Crippen LogP) is 8.81. The highest BCUT2D eigenvalue weighted by molar-refractivity contribution is 6.16. The summed E-state index contributed by atoms with van der Waals surface area (Å²) in [6.07, 6.45) is 0. The zero-order valence-corrected chi connectivity index (χ0v) is 18.5. The first-order chi connectivity index (χ1) is 16.8. The van der Waals surface area contributed by atoms with Crippen molar-refractivity contribution >= 4 is 49.2 Å². The van der Waals surface area contributed by atoms with Gasteiger partial charge in [0.2, 0.25) is 0 Å². The van der Waals surface area contributed by atoms with E-state index in [1.165, 1.54) is 27.1 Å². The molecule has 34 heavy (non-hydrogen) atoms. The second-order valence-corrected chi connectivity index (χ2v) is 8.78. The number of anilines is 1. The van der Waals surface area contributed by atoms with Crippen LogP contribution in [0.3, 0.4) is 0 Å². The zero-order chi connectivity index (χ0) is 22.6. The summed E-state index contributed by atoms with van der Waals surface area (Å²) in [7, 11) is 0. The van der Waals surface area contributed by atoms with Crippen molar-refractivity contribution in [3.05, 3.63) is 115 Å². The molecule has 0 saturated heterocycles. The molecule has 2 heteroatoms. The Morgan fingerprint density at radius 3 is 2.03 bits per heavy atom. The maximum absolute atomic E-state index is 6.39. The van der Waals surface area contributed by atoms with Crippen LogP contribution in [-0.4, -0.2) is 0 Å². The third-order valence-electron chi connectivity index (χ3n) is 6.80. The molecule has 0 aliphatic rings. The van der Waals surface area contributed by atoms with E-state index < -0.39 is 0 Å². The van der Waals surface area contributed by atoms with Crippen molar-refractivity contribution in [1.82, 2.24) is 0 Å². The number of hydrogen-bond donors (Lipinski definition) is 1. The normalized spacial score (nSPS) is 11.6. The molecule has 0 saturated carbocycles. The summed E-state index contributed by atoms with van der Waals surface area (Å²) in [5.41, 5.74) is 13.4. The van der Waals surface area contributed by atoms with Crippen molar-refractivity contribution in [2.75, 3.05) is 5.73 Å². The highest BCUT2D eigenvalue weighted by Gasteiger charge is 2.17. The summed E-state index contributed by atoms with van der Waals surface area (Å²) in [4.78, 5) is 0. The van der Waals surface area contributed by atoms with Crippen LogP contribution in [0, 0.1) is 0 Å². The Hall–Kier alpha value is -4.56. The Kier molecular flexibility index (Phi) is 4.03. The van der Waals surface area contributed by atoms with Crippen LogP contribution >= 0.6 is 0 Å². The Morgan fingerprint density at radius 2 is 1.15 bits per heavy atom. The molecular weight excluding hydrogens is 414 g/mol. The van der Waals surface area contributed by atoms with E-state index >= 15 is 0 Å². The minimum atomic E-state index is 0.743. The monoisotopic (exact) mass is 435 g/mol. The molecule has 0 amide bonds. The summed E-state index contributed by atoms with van der Waals surface area (Å²) in [5.74, 6) is 0. The van der Waals surface area contributed by atoms with Crippen LogP contribution in [0.25, 0.3) is 65.7 Å². The molecule has 0 aliphatic heterocycles. The second kappa shape index (κ2) is 7.23. The maximum atomic E-state index is 6.39. The quantitative estimate of drug-likeness (QED) is 0.218. The van der Waals surface area contributed by atoms with Crippen LogP contribution in [0.5, 0.6) is 0 Å². The van der Waals surface area contributed by atoms with E-state index in [0.717, 1.165) is 44.3 Å². The lowest BCUT2D eigenvalue weighted by molar-refractivity contribution is 0.670. The number of hydrogen-bond acceptors (Lipinski definition) is 2. The van der Waals surface area contributed by atoms with Gasteiger partial charge in [0.25, 0.3) is 0 Å². The molecule has 0 bridgehead atoms. The minimum Gasteiger partial charge on any atom is -0.455 e. The largest absolute Gasteiger partial charge is 0.455 e. The topological polar surface area (TPSA) is 39.2 Å². The summed E-state index contributed by atoms with van der Waals surface area (Å²) >= 11 is 0. The number of rotatable bonds is 2. The number of para-hydroxylation sites is 2. The second-order valence-electron chi connectivity index (χ2n) is 8.78. The van der Waals surface area contributed by atoms with Crippen LogP contribution in [0.4, 0.5) is 5.69 Å². The number of nitrogens with two attached hydrogens (primary N) is 1. The predicted molar refractivity (Wildman–Crippen MR) is 144 cm³/mol. The molecule has 0 fully saturated rings. The van der Waals surface area contributed by atoms with Crippen LogP contribution in [0.1, 0.15) is 0 Å². The highest BCUT2D eigenvalue weighted by Crippen LogP contribution is 2.43. The van der Waals surface area contributed by atoms with E-state index in [2.05, 4.69) is 97.1 Å². The molecule has 2 N–H and O–H groups in total. The van der Waals surface area contributed by atoms with Gasteiger partial charge < -0.3 is 10.2 Å². The van der Waals surface area contributed by atoms with Gasteiger partial charge in [-0.1, -0.05) is 91.0 Å². The lowest BCUT2D eigenvalue weighted by Crippen LogP contribution is -1.92. The first kappa shape index (κ1) is 19.0. The summed E-state index contributed by atoms with van der Waals surface area (Å²) in [6.45, 7) is 0. The van der Waals surface area contributed by atoms with Crippen molar-refractivity contribution in [2.45, 2.75) is 0 Å². The van der Waals surface area contributed by atoms with Gasteiger partial charge in [-0.25, -0.2) is 0 Å². The number of furan rings is 1. The average molecular weight is 436 g/mol. The van der Waals surface area contributed by atoms with Gasteiger partial charge in [0, 0.05) is 22.0 Å². The number of benzene rings is 6. The average Bonchev–Trinajstić information content (AvgIpc) is 3.27. The lowest BCUT2D eigenvalue weighted by Gasteiger charge is -2.16. The molecule has 0 unspecified atom stereocenters. The Morgan fingerprint density at radius 1 is 0.441 bits per heavy atom. The molecule has 2 nitrogen and oxygen atoms in total. The van der Waals surface area contributed by atoms with E-state index in [4.69, 9.17) is 10.2 Å². The molecule has 1 aromatic heterocycles. The van der Waals surface area contributed by atoms with Crippen LogP contribution in [0.15, 0.2) is 120 Å². The zero-order valence-electron chi connectivity index (χ0n) is 18.5. The van der Waals surface area contributed by atoms with Crippen molar-refractivity contribution in [1.29, 1.82) is 0 Å². The molecule has 1 heterocycles. The smallest absolute Gasteiger partial charge is 0.143 e. The summed E-state index contributed by atoms with van der Waals surface area (Å²) in [5, 5.41) is 7.18. The SMILES string of the molecule is Nc1ccc(-c2cccc3c2oc2ccccc23)c(-c2cc3ccccc3c3ccccc23)c1. The molecule has 7 aromatic rings. The van der Waals surface area contributed by atoms with Gasteiger partial charge in [-0.2, -0.15) is 0 Å². The molecule has 7 rings (SSSR count). The number of nitrogen functional groups attached to an aromatic ring is 1. The van der Waals surface area contributed by atoms with E-state index in [-0.39, 0.29) is 0 Å². The lowest BCUT2D eigenvalue weighted by atomic mass is 9.88. The highest BCUT2D eigenvalue weighted by atomic mass is 16.3. The molecule has 0 radical (unpaired) electrons. The fourth-order valence-corrected chi connectivity index (χ4v) is 5.26. The van der Waals surface area contributed by atoms with Gasteiger partial charge in [0.15, 0.2) is 0 Å². The van der Waals surface area contributed by atoms with E-state index in [0.29, 0.717) is 0 Å². The summed E-state index contributed by atoms with van der Waals surface area (Å²) in [6, 6.07) is 40.2. The van der Waals surface area contributed by atoms with Crippen LogP contribution in [0.2, 0.25) is 0 Å². The molecule has 6 aromatic carbocycles. The van der Waals surface area contributed by atoms with Crippen LogP contribution in [-0.2, 0) is 0 Å². The molecule has 0 spiro atoms. The van der Waals surface area contributed by atoms with Crippen molar-refractivity contribution in [2.24, 2.45) is 0 Å². The fraction of sp³-hybridized carbons (Fsp3) is 0. The Balaban J connectivity index is 1.59. The third kappa shape index (κ3) is 2.76. The Bertz CT molecular complexity index is 1880. The fourth-order valence-electron chi connectivity index (χ4n) is 5.26. The van der Waals surface area contributed by atoms with Gasteiger partial charge in [-0.3, -0.25) is 0 Å². The molecular formula is C32H21NO. The van der Waals surface area contributed by atoms with Gasteiger partial charge in [-0.15, -0.1) is 0 Å². The third-order valence-corrected chi connectivity index (χ3v) is 6.80. The van der Waals surface area contributed by atoms with Crippen molar-refractivity contribution in [3.63, 3.8) is 0 Å². The van der Waals surface area contributed by atoms with Gasteiger partial charge >= 0.3 is 0 Å². The van der Waals surface area contributed by atoms with Crippen molar-refractivity contribution in [3.8, 4) is 22.3 Å². The molecule has 0 aliphatic carbocycles. The molecule has 0 atom stereocenters. The standard InChI is InChI=1S/C32H21NO/c33-21-16-17-25(27-13-7-14-28-26-12-5-6-15-31(26)34-32(27)28)30(19-21)29-18-20-8-1-2-9-22(20)23-10-3-4-11-24(23)29/h1-19H,33H2. The summed E-state index contributed by atoms with van der Waals surface area (Å²) < 4.78 is 6.39. The van der Waals surface area contributed by atoms with Crippen LogP contribution < -0.4 is 5.73 Å². The maximum Gasteiger partial charge on any atom is 0.143 e. The molecule has 160 valence electrons. The first-order valence-electron chi connectivity index (χ1n) is 11.5. The Labute approximate surface area is 196 Å². The van der Waals surface area contributed by atoms with Gasteiger partial charge in [0.1, 0.15) is 11.2 Å². The first-order valence-corrected chi connectivity index (χ1v) is 11.5. The van der Waals surface area contributed by atoms with Gasteiger partial charge in [0.05, 0.1) is 0 Å². The van der Waals surface area contributed by atoms with Crippen molar-refractivity contribution < 1.29 is 4.42 Å². The van der Waals surface area contributed by atoms with Gasteiger partial charge in [-0.05, 0) is 62.5 Å². The van der Waals surface area contributed by atoms with E-state index in [1.807, 2.05) is 18.2 Å². The van der Waals surface area contributed by atoms with E-state index in [1.54, 1.807) is 0 Å². The number of fused-ring (bicyclic) bond motifs is 6. The van der Waals surface area contributed by atoms with E-state index in [9.17, 15) is 0 Å².